The number of nitrogens with one attached hydrogen (secondary N) is 2. The third kappa shape index (κ3) is 14.8. The molecule has 2 fully saturated rings. The van der Waals surface area contributed by atoms with E-state index in [1.165, 1.54) is 0 Å². The van der Waals surface area contributed by atoms with Crippen molar-refractivity contribution < 1.29 is 47.3 Å². The zero-order chi connectivity index (χ0) is 50.9. The van der Waals surface area contributed by atoms with Crippen molar-refractivity contribution in [2.75, 3.05) is 36.0 Å². The van der Waals surface area contributed by atoms with E-state index in [0.29, 0.717) is 44.2 Å². The van der Waals surface area contributed by atoms with E-state index >= 15 is 0 Å². The van der Waals surface area contributed by atoms with Crippen molar-refractivity contribution in [3.8, 4) is 34.6 Å². The Balaban J connectivity index is 0.000000181. The molecule has 11 heterocycles. The Labute approximate surface area is 488 Å². The van der Waals surface area contributed by atoms with Crippen molar-refractivity contribution in [3.05, 3.63) is 131 Å². The minimum absolute atomic E-state index is 0. The van der Waals surface area contributed by atoms with Crippen LogP contribution in [0.5, 0.6) is 0 Å². The first-order chi connectivity index (χ1) is 34.7. The van der Waals surface area contributed by atoms with Gasteiger partial charge in [-0.25, -0.2) is 54.4 Å². The second-order valence-electron chi connectivity index (χ2n) is 17.6. The van der Waals surface area contributed by atoms with Crippen molar-refractivity contribution in [3.63, 3.8) is 0 Å². The first-order valence-corrected chi connectivity index (χ1v) is 24.6. The molecule has 2 aliphatic heterocycles. The minimum atomic E-state index is -0.517. The summed E-state index contributed by atoms with van der Waals surface area (Å²) in [5, 5.41) is 5.26. The van der Waals surface area contributed by atoms with Gasteiger partial charge in [-0.15, -0.1) is 12.4 Å². The van der Waals surface area contributed by atoms with E-state index < -0.39 is 5.60 Å². The summed E-state index contributed by atoms with van der Waals surface area (Å²) in [6, 6.07) is 16.6. The van der Waals surface area contributed by atoms with Crippen LogP contribution in [0.15, 0.2) is 110 Å². The second-order valence-corrected chi connectivity index (χ2v) is 19.3. The van der Waals surface area contributed by atoms with Gasteiger partial charge in [0.15, 0.2) is 17.5 Å². The number of anilines is 2. The monoisotopic (exact) mass is 1140 g/mol. The Morgan fingerprint density at radius 1 is 0.635 bits per heavy atom. The number of amides is 1. The molecule has 19 nitrogen and oxygen atoms in total. The third-order valence-corrected chi connectivity index (χ3v) is 12.1. The summed E-state index contributed by atoms with van der Waals surface area (Å²) in [4.78, 5) is 56.2. The molecule has 9 aromatic rings. The van der Waals surface area contributed by atoms with Crippen molar-refractivity contribution in [1.29, 1.82) is 4.78 Å². The summed E-state index contributed by atoms with van der Waals surface area (Å²) < 4.78 is 16.3. The van der Waals surface area contributed by atoms with Crippen LogP contribution in [0.4, 0.5) is 16.4 Å². The van der Waals surface area contributed by atoms with Gasteiger partial charge in [0, 0.05) is 126 Å². The van der Waals surface area contributed by atoms with Crippen LogP contribution in [0, 0.1) is 42.5 Å². The van der Waals surface area contributed by atoms with Crippen LogP contribution in [0.3, 0.4) is 0 Å². The predicted octanol–water partition coefficient (Wildman–Crippen LogP) is 10.1. The Bertz CT molecular complexity index is 3320. The number of carbonyl (C=O) groups is 1. The van der Waals surface area contributed by atoms with Crippen LogP contribution < -0.4 is 20.9 Å². The molecule has 0 saturated carbocycles. The smallest absolute Gasteiger partial charge is 0.407 e. The zero-order valence-electron chi connectivity index (χ0n) is 40.0. The van der Waals surface area contributed by atoms with E-state index in [9.17, 15) is 4.79 Å². The molecule has 1 amide bonds. The number of piperidine rings is 2. The number of aromatic nitrogens is 12. The summed E-state index contributed by atoms with van der Waals surface area (Å²) in [6.45, 7) is 8.90. The molecule has 9 aromatic heterocycles. The molecule has 0 spiro atoms. The van der Waals surface area contributed by atoms with Crippen LogP contribution in [0.1, 0.15) is 46.5 Å². The fourth-order valence-corrected chi connectivity index (χ4v) is 8.73. The number of nitrogens with two attached hydrogens (primary N) is 1. The average Bonchev–Trinajstić information content (AvgIpc) is 4.11. The molecule has 26 heteroatoms. The summed E-state index contributed by atoms with van der Waals surface area (Å²) in [5.74, 6) is 3.45. The number of fused-ring (bicyclic) bond motifs is 3. The first kappa shape index (κ1) is 58.1. The molecule has 388 valence electrons. The van der Waals surface area contributed by atoms with Gasteiger partial charge in [0.1, 0.15) is 56.4 Å². The molecule has 11 rings (SSSR count). The maximum absolute atomic E-state index is 12.1. The molecule has 0 unspecified atom stereocenters. The zero-order valence-corrected chi connectivity index (χ0v) is 45.4. The molecule has 74 heavy (non-hydrogen) atoms. The van der Waals surface area contributed by atoms with Crippen molar-refractivity contribution in [2.45, 2.75) is 64.1 Å². The minimum Gasteiger partial charge on any atom is -0.444 e. The van der Waals surface area contributed by atoms with Crippen LogP contribution in [-0.2, 0) is 17.2 Å². The maximum Gasteiger partial charge on any atom is 0.407 e. The summed E-state index contributed by atoms with van der Waals surface area (Å²) in [6.07, 6.45) is 19.4. The predicted molar refractivity (Wildman–Crippen MR) is 290 cm³/mol. The normalized spacial score (nSPS) is 15.3. The number of ether oxygens (including phenoxy) is 1. The third-order valence-electron chi connectivity index (χ3n) is 11.2. The van der Waals surface area contributed by atoms with Crippen molar-refractivity contribution in [1.82, 2.24) is 63.4 Å². The number of imidazole rings is 3. The van der Waals surface area contributed by atoms with Crippen LogP contribution in [0.25, 0.3) is 51.5 Å². The van der Waals surface area contributed by atoms with Crippen molar-refractivity contribution in [2.24, 2.45) is 5.73 Å². The second kappa shape index (κ2) is 26.6. The summed E-state index contributed by atoms with van der Waals surface area (Å²) in [5.41, 5.74) is 10.3. The number of hydrogen-bond acceptors (Lipinski definition) is 16. The van der Waals surface area contributed by atoms with Gasteiger partial charge in [0.05, 0.1) is 33.7 Å². The number of carbonyl (C=O) groups excluding carboxylic acids is 1. The topological polar surface area (TPSA) is 224 Å². The van der Waals surface area contributed by atoms with E-state index in [1.54, 1.807) is 67.8 Å². The number of pyridine rings is 3. The average molecular weight is 1150 g/mol. The van der Waals surface area contributed by atoms with Gasteiger partial charge in [-0.2, -0.15) is 0 Å². The first-order valence-electron chi connectivity index (χ1n) is 22.7. The van der Waals surface area contributed by atoms with Crippen molar-refractivity contribution >= 4 is 106 Å². The fraction of sp³-hybridized carbons (Fsp3) is 0.292. The summed E-state index contributed by atoms with van der Waals surface area (Å²) >= 11 is 27.4. The van der Waals surface area contributed by atoms with Gasteiger partial charge in [0.2, 0.25) is 0 Å². The molecule has 2 aliphatic rings. The van der Waals surface area contributed by atoms with Gasteiger partial charge in [0.25, 0.3) is 0 Å². The van der Waals surface area contributed by atoms with Crippen LogP contribution >= 0.6 is 58.8 Å². The molecule has 0 aliphatic carbocycles. The Hall–Kier alpha value is -5.13. The molecule has 0 aromatic carbocycles. The Morgan fingerprint density at radius 2 is 1.05 bits per heavy atom. The number of hydrogen-bond donors (Lipinski definition) is 3. The van der Waals surface area contributed by atoms with E-state index in [2.05, 4.69) is 62.4 Å². The number of halogens is 5. The largest absolute Gasteiger partial charge is 0.444 e. The standard InChI is InChI=1S/C21H25ClN6O2.C16H17ClN6.C11H6Cl2N4.Ar.ClH.HNS/c1-21(2,3)30-20(29)25-15-5-4-10-27(13-15)18-8-9-23-19(26-18)16-11-24-17-7-6-14(22)12-28(16)17;17-11-3-4-14-20-8-13(23(14)9-11)16-19-6-5-15(21-16)22-7-1-2-12(18)10-22;12-7-1-2-10-15-5-8(17(10)6-7)11-14-4-3-9(13)16-11;;;1-2/h6-9,11-12,15H,4-5,10,13H2,1-3H3,(H,25,29);3-6,8-9,12H,1-2,7,10,18H2;1-6H;;1H;1H/t15-;12-;;;;/m00..../s1. The molecule has 2 saturated heterocycles. The molecular formula is C48H50ArCl5N17O2S. The molecule has 4 N–H and O–H groups in total. The van der Waals surface area contributed by atoms with Crippen LogP contribution in [0.2, 0.25) is 20.2 Å². The summed E-state index contributed by atoms with van der Waals surface area (Å²) in [7, 11) is 0. The van der Waals surface area contributed by atoms with Gasteiger partial charge < -0.3 is 25.6 Å². The maximum atomic E-state index is 12.1. The van der Waals surface area contributed by atoms with Gasteiger partial charge in [-0.05, 0) is 101 Å². The van der Waals surface area contributed by atoms with E-state index in [0.717, 1.165) is 91.0 Å². The van der Waals surface area contributed by atoms with Gasteiger partial charge >= 0.3 is 6.09 Å². The number of alkyl carbamates (subject to hydrolysis) is 1. The number of rotatable bonds is 6. The Kier molecular flexibility index (Phi) is 20.9. The molecule has 0 radical (unpaired) electrons. The van der Waals surface area contributed by atoms with E-state index in [4.69, 9.17) is 71.6 Å². The molecule has 2 atom stereocenters. The molecular weight excluding hydrogens is 1100 g/mol. The van der Waals surface area contributed by atoms with E-state index in [1.807, 2.05) is 76.6 Å². The SMILES string of the molecule is CC(C)(C)OC(=O)N[C@H]1CCCN(c2ccnc(-c3cnc4ccc(Cl)cn34)n2)C1.Cl.Clc1ccc2ncc(-c3nccc(Cl)n3)n2c1.N=S.N[C@H]1CCCN(c2ccnc(-c3cnc4ccc(Cl)cn34)n2)C1.[Ar]. The van der Waals surface area contributed by atoms with Crippen LogP contribution in [-0.4, -0.2) is 108 Å². The van der Waals surface area contributed by atoms with Gasteiger partial charge in [-0.3, -0.25) is 13.2 Å². The molecule has 0 bridgehead atoms. The van der Waals surface area contributed by atoms with E-state index in [-0.39, 0.29) is 68.3 Å². The Morgan fingerprint density at radius 3 is 1.49 bits per heavy atom. The number of nitrogens with zero attached hydrogens (tertiary/aromatic N) is 14. The fourth-order valence-electron chi connectivity index (χ4n) is 8.11. The van der Waals surface area contributed by atoms with Gasteiger partial charge in [-0.1, -0.05) is 46.4 Å². The quantitative estimate of drug-likeness (QED) is 0.132.